The number of allylic oxidation sites excluding steroid dienone is 5. The monoisotopic (exact) mass is 1820 g/mol. The molecule has 3 heterocycles. The van der Waals surface area contributed by atoms with E-state index >= 15 is 0 Å². The van der Waals surface area contributed by atoms with Crippen molar-refractivity contribution in [2.24, 2.45) is 0 Å². The van der Waals surface area contributed by atoms with Gasteiger partial charge in [-0.25, -0.2) is 9.59 Å². The summed E-state index contributed by atoms with van der Waals surface area (Å²) in [6.07, 6.45) is 21.1. The van der Waals surface area contributed by atoms with E-state index in [0.29, 0.717) is 94.4 Å². The third-order valence-corrected chi connectivity index (χ3v) is 36.7. The average Bonchev–Trinajstić information content (AvgIpc) is 1.55. The zero-order chi connectivity index (χ0) is 84.0. The van der Waals surface area contributed by atoms with Crippen LogP contribution in [0.2, 0.25) is 68.5 Å². The smallest absolute Gasteiger partial charge is 0.410 e. The summed E-state index contributed by atoms with van der Waals surface area (Å²) in [4.78, 5) is 53.9. The summed E-state index contributed by atoms with van der Waals surface area (Å²) >= 11 is 10.7. The number of hydrogen-bond acceptors (Lipinski definition) is 17. The molecule has 0 unspecified atom stereocenters. The third-order valence-electron chi connectivity index (χ3n) is 21.9. The molecule has 0 saturated heterocycles. The minimum atomic E-state index is -1.92. The Morgan fingerprint density at radius 3 is 1.70 bits per heavy atom. The summed E-state index contributed by atoms with van der Waals surface area (Å²) in [6, 6.07) is 17.6. The van der Waals surface area contributed by atoms with Gasteiger partial charge in [0.05, 0.1) is 37.3 Å². The van der Waals surface area contributed by atoms with Gasteiger partial charge in [-0.05, 0) is 163 Å². The zero-order valence-electron chi connectivity index (χ0n) is 69.3. The topological polar surface area (TPSA) is 220 Å². The Bertz CT molecular complexity index is 3920. The van der Waals surface area contributed by atoms with Crippen LogP contribution in [-0.2, 0) is 69.8 Å². The van der Waals surface area contributed by atoms with E-state index in [0.717, 1.165) is 56.9 Å². The van der Waals surface area contributed by atoms with Crippen LogP contribution in [0.3, 0.4) is 0 Å². The van der Waals surface area contributed by atoms with Gasteiger partial charge in [0.2, 0.25) is 0 Å². The fourth-order valence-electron chi connectivity index (χ4n) is 12.9. The number of ether oxygens (including phenoxy) is 9. The number of ketones is 2. The van der Waals surface area contributed by atoms with Gasteiger partial charge in [0.1, 0.15) is 99.4 Å². The molecule has 19 nitrogen and oxygen atoms in total. The molecule has 2 spiro atoms. The second-order valence-corrected chi connectivity index (χ2v) is 49.7. The number of nitrogens with zero attached hydrogens (tertiary/aromatic N) is 2. The maximum atomic E-state index is 13.4. The first-order chi connectivity index (χ1) is 53.6. The molecule has 2 aliphatic carbocycles. The van der Waals surface area contributed by atoms with Crippen LogP contribution in [0.1, 0.15) is 109 Å². The molecule has 9 rings (SSSR count). The van der Waals surface area contributed by atoms with Gasteiger partial charge < -0.3 is 62.6 Å². The molecule has 114 heavy (non-hydrogen) atoms. The Balaban J connectivity index is 0.000000332. The lowest BCUT2D eigenvalue weighted by molar-refractivity contribution is -0.117. The van der Waals surface area contributed by atoms with Gasteiger partial charge in [-0.1, -0.05) is 212 Å². The number of aromatic hydroxyl groups is 2. The fourth-order valence-corrected chi connectivity index (χ4v) is 16.8. The normalized spacial score (nSPS) is 17.6. The Morgan fingerprint density at radius 1 is 0.658 bits per heavy atom. The summed E-state index contributed by atoms with van der Waals surface area (Å²) in [5.74, 6) is 3.22. The number of hydrogen-bond donors (Lipinski definition) is 3. The predicted octanol–water partition coefficient (Wildman–Crippen LogP) is 21.4. The van der Waals surface area contributed by atoms with Gasteiger partial charge in [-0.15, -0.1) is 0 Å². The lowest BCUT2D eigenvalue weighted by Gasteiger charge is -2.35. The molecule has 0 fully saturated rings. The number of carbonyl (C=O) groups is 4. The van der Waals surface area contributed by atoms with Gasteiger partial charge in [0.25, 0.3) is 0 Å². The molecule has 0 radical (unpaired) electrons. The van der Waals surface area contributed by atoms with Crippen LogP contribution in [0.4, 0.5) is 9.59 Å². The van der Waals surface area contributed by atoms with E-state index in [4.69, 9.17) is 47.1 Å². The van der Waals surface area contributed by atoms with Crippen molar-refractivity contribution in [3.63, 3.8) is 0 Å². The predicted molar refractivity (Wildman–Crippen MR) is 481 cm³/mol. The fraction of sp³-hybridized carbons (Fsp3) is 0.483. The van der Waals surface area contributed by atoms with E-state index in [1.165, 1.54) is 24.2 Å². The van der Waals surface area contributed by atoms with E-state index in [1.807, 2.05) is 48.6 Å². The minimum Gasteiger partial charge on any atom is -0.508 e. The van der Waals surface area contributed by atoms with Gasteiger partial charge in [-0.2, -0.15) is 0 Å². The van der Waals surface area contributed by atoms with Crippen LogP contribution < -0.4 is 29.0 Å². The second-order valence-electron chi connectivity index (χ2n) is 31.2. The Hall–Kier alpha value is -7.05. The number of carbonyl (C=O) groups excluding carboxylic acids is 4. The lowest BCUT2D eigenvalue weighted by atomic mass is 9.68. The van der Waals surface area contributed by atoms with E-state index in [-0.39, 0.29) is 106 Å². The number of phenols is 2. The van der Waals surface area contributed by atoms with Crippen molar-refractivity contribution < 1.29 is 76.4 Å². The molecule has 4 aromatic carbocycles. The Morgan fingerprint density at radius 2 is 1.19 bits per heavy atom. The number of rotatable bonds is 33. The number of fused-ring (bicyclic) bond motifs is 2. The van der Waals surface area contributed by atoms with Crippen LogP contribution in [-0.4, -0.2) is 166 Å². The molecule has 5 atom stereocenters. The van der Waals surface area contributed by atoms with Crippen molar-refractivity contribution in [2.45, 2.75) is 205 Å². The molecule has 2 amide bonds. The van der Waals surface area contributed by atoms with Crippen molar-refractivity contribution in [1.82, 2.24) is 15.1 Å². The summed E-state index contributed by atoms with van der Waals surface area (Å²) in [6.45, 7) is 56.1. The SMILES string of the molecule is C.C=CCOC(=O)N(Cc1cc(OCC=C)c(Br)c(OCC=C)c1)[C@H](CO[Si](C)(C)CC)Cc1ccc(O)cc1.C=CCOC(=O)N1Cc2cc(OCC=C)c(Br)c(OCC=C)c2C2(C=CC(=O)C=C2)C[C@H]1COC.CC[Si](C)(C)C(C)C.CC[Si](C)(C)C(C)C.COC[C@@H]1C[C@]23C=CC(=O)C[C@H]2Oc2c(Br)c(O)cc(c23)CN1. The number of benzene rings is 4. The highest BCUT2D eigenvalue weighted by Gasteiger charge is 2.54. The van der Waals surface area contributed by atoms with Crippen molar-refractivity contribution in [2.75, 3.05) is 73.7 Å². The second kappa shape index (κ2) is 47.4. The Labute approximate surface area is 708 Å². The summed E-state index contributed by atoms with van der Waals surface area (Å²) in [5.41, 5.74) is 6.29. The molecule has 0 bridgehead atoms. The van der Waals surface area contributed by atoms with E-state index in [9.17, 15) is 29.4 Å². The van der Waals surface area contributed by atoms with Gasteiger partial charge >= 0.3 is 12.2 Å². The van der Waals surface area contributed by atoms with Crippen molar-refractivity contribution in [1.29, 1.82) is 0 Å². The quantitative estimate of drug-likeness (QED) is 0.0298. The highest BCUT2D eigenvalue weighted by atomic mass is 79.9. The molecule has 25 heteroatoms. The first-order valence-corrected chi connectivity index (χ1v) is 50.9. The highest BCUT2D eigenvalue weighted by Crippen LogP contribution is 2.57. The number of nitrogens with one attached hydrogen (secondary N) is 1. The first-order valence-electron chi connectivity index (χ1n) is 38.8. The van der Waals surface area contributed by atoms with Crippen LogP contribution in [0.25, 0.3) is 0 Å². The van der Waals surface area contributed by atoms with Crippen molar-refractivity contribution in [3.05, 3.63) is 208 Å². The lowest BCUT2D eigenvalue weighted by Crippen LogP contribution is -2.46. The number of halogens is 3. The first kappa shape index (κ1) is 99.3. The highest BCUT2D eigenvalue weighted by molar-refractivity contribution is 9.11. The standard InChI is InChI=1S/C30H40BrNO6Si.C27H30BrNO6.C17H18BrNO4.2C7H18Si.CH4/c1-7-15-35-27-19-24(20-28(29(27)31)36-16-8-2)21-32(30(34)37-17-9-3)25(22-38-39(5,6)10-4)18-23-11-13-26(33)14-12-23;1-5-12-33-22-15-19-17-29(26(31)35-14-7-3)20(18-32-4)16-27(10-8-21(30)9-11-27)23(19)25(24(22)28)34-13-6-2;1-22-8-10-6-17-3-2-11(20)5-13(17)23-16-14(17)9(7-19-10)4-12(21)15(16)18;2*1-6-8(4,5)7(2)3;/h7-9,11-14,19-20,25,33H,1-3,10,15-18,21-22H2,4-6H3;5-11,15,20H,1-3,12-14,16-18H2,4H3;2-4,10,13,19,21H,5-8H2,1H3;2*7H,6H2,1-5H3;1H4/t25-;20-;10-,13+,17+;;;/m000.../s1. The molecule has 5 aliphatic rings. The van der Waals surface area contributed by atoms with Crippen LogP contribution in [0.5, 0.6) is 40.2 Å². The molecule has 4 aromatic rings. The molecule has 628 valence electrons. The molecule has 0 aromatic heterocycles. The van der Waals surface area contributed by atoms with Gasteiger partial charge in [-0.3, -0.25) is 19.4 Å². The molecule has 0 saturated carbocycles. The Kier molecular flexibility index (Phi) is 41.3. The molecule has 3 N–H and O–H groups in total. The van der Waals surface area contributed by atoms with Crippen LogP contribution in [0, 0.1) is 0 Å². The van der Waals surface area contributed by atoms with E-state index in [2.05, 4.69) is 180 Å². The van der Waals surface area contributed by atoms with Gasteiger partial charge in [0.15, 0.2) is 19.9 Å². The summed E-state index contributed by atoms with van der Waals surface area (Å²) in [7, 11) is -0.152. The number of phenolic OH excluding ortho intramolecular Hbond substituents is 2. The summed E-state index contributed by atoms with van der Waals surface area (Å²) < 4.78 is 60.0. The largest absolute Gasteiger partial charge is 0.508 e. The molecule has 3 aliphatic heterocycles. The zero-order valence-corrected chi connectivity index (χ0v) is 77.1. The van der Waals surface area contributed by atoms with Gasteiger partial charge in [0, 0.05) is 79.0 Å². The maximum absolute atomic E-state index is 13.4. The number of amides is 2. The maximum Gasteiger partial charge on any atom is 0.410 e. The average molecular weight is 1820 g/mol. The minimum absolute atomic E-state index is 0. The van der Waals surface area contributed by atoms with Crippen LogP contribution in [0.15, 0.2) is 174 Å². The summed E-state index contributed by atoms with van der Waals surface area (Å²) in [5, 5.41) is 23.4. The number of methoxy groups -OCH3 is 2. The van der Waals surface area contributed by atoms with E-state index < -0.39 is 42.1 Å². The van der Waals surface area contributed by atoms with E-state index in [1.54, 1.807) is 84.8 Å². The third kappa shape index (κ3) is 27.5. The molecular weight excluding hydrogens is 1690 g/mol. The van der Waals surface area contributed by atoms with Crippen molar-refractivity contribution in [3.8, 4) is 40.2 Å². The molecular formula is C89H128Br3N3O16Si3. The van der Waals surface area contributed by atoms with Crippen LogP contribution >= 0.6 is 47.8 Å². The van der Waals surface area contributed by atoms with Crippen molar-refractivity contribution >= 4 is 96.0 Å².